The molecule has 0 rings (SSSR count). The number of hydrogen-bond acceptors (Lipinski definition) is 6. The van der Waals surface area contributed by atoms with Crippen LogP contribution in [0, 0.1) is 0 Å². The van der Waals surface area contributed by atoms with Gasteiger partial charge in [0.25, 0.3) is 0 Å². The number of rotatable bonds is 10. The quantitative estimate of drug-likeness (QED) is 0.174. The molecular weight excluding hydrogens is 415 g/mol. The van der Waals surface area contributed by atoms with Crippen LogP contribution in [0.4, 0.5) is 0 Å². The van der Waals surface area contributed by atoms with Gasteiger partial charge in [0.1, 0.15) is 0 Å². The summed E-state index contributed by atoms with van der Waals surface area (Å²) < 4.78 is 3.25. The summed E-state index contributed by atoms with van der Waals surface area (Å²) in [5.41, 5.74) is 0. The predicted molar refractivity (Wildman–Crippen MR) is 99.1 cm³/mol. The molecule has 0 heterocycles. The van der Waals surface area contributed by atoms with E-state index in [1.807, 2.05) is 0 Å². The van der Waals surface area contributed by atoms with Gasteiger partial charge in [0, 0.05) is 11.5 Å². The third kappa shape index (κ3) is 33.9. The van der Waals surface area contributed by atoms with Crippen LogP contribution in [0.3, 0.4) is 0 Å². The molecule has 0 aliphatic rings. The van der Waals surface area contributed by atoms with E-state index in [4.69, 9.17) is 20.4 Å². The summed E-state index contributed by atoms with van der Waals surface area (Å²) in [6.45, 7) is 4.20. The molecule has 0 amide bonds. The zero-order valence-corrected chi connectivity index (χ0v) is 18.1. The average molecular weight is 449 g/mol. The van der Waals surface area contributed by atoms with E-state index in [9.17, 15) is 0 Å². The van der Waals surface area contributed by atoms with Gasteiger partial charge in [-0.2, -0.15) is 25.3 Å². The van der Waals surface area contributed by atoms with Gasteiger partial charge in [0.2, 0.25) is 0 Å². The number of aliphatic hydroxyl groups excluding tert-OH is 4. The summed E-state index contributed by atoms with van der Waals surface area (Å²) in [4.78, 5) is 0. The number of thiol groups is 2. The minimum absolute atomic E-state index is 0.149. The van der Waals surface area contributed by atoms with Crippen molar-refractivity contribution in [3.8, 4) is 0 Å². The number of unbranched alkanes of at least 4 members (excludes halogenated alkanes) is 2. The Morgan fingerprint density at radius 1 is 0.810 bits per heavy atom. The minimum Gasteiger partial charge on any atom is -0.394 e. The molecule has 0 fully saturated rings. The van der Waals surface area contributed by atoms with E-state index in [1.165, 1.54) is 25.7 Å². The molecule has 2 atom stereocenters. The van der Waals surface area contributed by atoms with Crippen LogP contribution in [-0.2, 0) is 0 Å². The van der Waals surface area contributed by atoms with Crippen LogP contribution in [-0.4, -0.2) is 78.5 Å². The molecule has 130 valence electrons. The van der Waals surface area contributed by atoms with Crippen LogP contribution >= 0.6 is 25.3 Å². The van der Waals surface area contributed by atoms with Gasteiger partial charge < -0.3 is 20.4 Å². The Kier molecular flexibility index (Phi) is 34.0. The summed E-state index contributed by atoms with van der Waals surface area (Å²) >= 11 is 7.52. The van der Waals surface area contributed by atoms with E-state index in [-0.39, 0.29) is 34.4 Å². The van der Waals surface area contributed by atoms with Gasteiger partial charge in [-0.3, -0.25) is 0 Å². The van der Waals surface area contributed by atoms with Crippen molar-refractivity contribution in [1.82, 2.24) is 0 Å². The maximum absolute atomic E-state index is 8.34. The summed E-state index contributed by atoms with van der Waals surface area (Å²) in [5, 5.41) is 32.8. The minimum atomic E-state index is -0.645. The Balaban J connectivity index is -0.000000240. The van der Waals surface area contributed by atoms with Gasteiger partial charge in [0.05, 0.1) is 25.4 Å². The SMILES string of the molecule is CCC[CH2][Sn][CH2]CCC.OCC(O)CS.OCC(O)CS. The van der Waals surface area contributed by atoms with Gasteiger partial charge in [-0.05, 0) is 0 Å². The Bertz CT molecular complexity index is 144. The fraction of sp³-hybridized carbons (Fsp3) is 1.00. The molecule has 21 heavy (non-hydrogen) atoms. The molecule has 7 heteroatoms. The molecule has 0 aromatic rings. The molecule has 0 spiro atoms. The van der Waals surface area contributed by atoms with E-state index in [0.29, 0.717) is 11.5 Å². The molecule has 0 aromatic carbocycles. The fourth-order valence-corrected chi connectivity index (χ4v) is 5.23. The zero-order chi connectivity index (χ0) is 16.9. The molecule has 2 unspecified atom stereocenters. The van der Waals surface area contributed by atoms with Gasteiger partial charge in [-0.25, -0.2) is 0 Å². The van der Waals surface area contributed by atoms with Gasteiger partial charge >= 0.3 is 69.5 Å². The second-order valence-corrected chi connectivity index (χ2v) is 9.51. The molecule has 0 aliphatic carbocycles. The summed E-state index contributed by atoms with van der Waals surface area (Å²) in [6, 6.07) is 0. The molecule has 0 bridgehead atoms. The normalized spacial score (nSPS) is 12.6. The van der Waals surface area contributed by atoms with Crippen molar-refractivity contribution >= 4 is 46.4 Å². The Hall–Kier alpha value is 1.34. The van der Waals surface area contributed by atoms with Gasteiger partial charge in [0.15, 0.2) is 0 Å². The van der Waals surface area contributed by atoms with E-state index < -0.39 is 12.2 Å². The van der Waals surface area contributed by atoms with Crippen molar-refractivity contribution in [3.05, 3.63) is 0 Å². The number of aliphatic hydroxyl groups is 4. The second kappa shape index (κ2) is 26.2. The van der Waals surface area contributed by atoms with E-state index in [0.717, 1.165) is 0 Å². The molecular formula is C14H34O4S2Sn. The topological polar surface area (TPSA) is 80.9 Å². The van der Waals surface area contributed by atoms with Crippen LogP contribution in [0.25, 0.3) is 0 Å². The third-order valence-corrected chi connectivity index (χ3v) is 7.14. The summed E-state index contributed by atoms with van der Waals surface area (Å²) in [5.74, 6) is 0.660. The van der Waals surface area contributed by atoms with Gasteiger partial charge in [-0.1, -0.05) is 0 Å². The van der Waals surface area contributed by atoms with Crippen LogP contribution < -0.4 is 0 Å². The largest absolute Gasteiger partial charge is 0.394 e. The van der Waals surface area contributed by atoms with Crippen LogP contribution in [0.15, 0.2) is 0 Å². The molecule has 4 N–H and O–H groups in total. The molecule has 0 saturated carbocycles. The van der Waals surface area contributed by atoms with Crippen molar-refractivity contribution in [2.45, 2.75) is 60.6 Å². The molecule has 0 saturated heterocycles. The van der Waals surface area contributed by atoms with Crippen molar-refractivity contribution < 1.29 is 20.4 Å². The first-order valence-electron chi connectivity index (χ1n) is 7.54. The van der Waals surface area contributed by atoms with E-state index in [2.05, 4.69) is 39.1 Å². The Morgan fingerprint density at radius 2 is 1.14 bits per heavy atom. The Morgan fingerprint density at radius 3 is 1.29 bits per heavy atom. The van der Waals surface area contributed by atoms with Gasteiger partial charge in [-0.15, -0.1) is 0 Å². The smallest absolute Gasteiger partial charge is 0.0858 e. The maximum atomic E-state index is 8.34. The third-order valence-electron chi connectivity index (χ3n) is 2.26. The number of hydrogen-bond donors (Lipinski definition) is 6. The molecule has 0 aliphatic heterocycles. The van der Waals surface area contributed by atoms with Crippen molar-refractivity contribution in [2.24, 2.45) is 0 Å². The molecule has 4 nitrogen and oxygen atoms in total. The summed E-state index contributed by atoms with van der Waals surface area (Å²) in [6.07, 6.45) is 4.55. The monoisotopic (exact) mass is 450 g/mol. The van der Waals surface area contributed by atoms with Crippen LogP contribution in [0.5, 0.6) is 0 Å². The van der Waals surface area contributed by atoms with Crippen LogP contribution in [0.1, 0.15) is 39.5 Å². The van der Waals surface area contributed by atoms with E-state index >= 15 is 0 Å². The first-order chi connectivity index (χ1) is 10.0. The Labute approximate surface area is 151 Å². The second-order valence-electron chi connectivity index (χ2n) is 4.50. The summed E-state index contributed by atoms with van der Waals surface area (Å²) in [7, 11) is 0. The average Bonchev–Trinajstić information content (AvgIpc) is 2.54. The molecule has 2 radical (unpaired) electrons. The maximum Gasteiger partial charge on any atom is 0.0858 e. The predicted octanol–water partition coefficient (Wildman–Crippen LogP) is 1.67. The van der Waals surface area contributed by atoms with Crippen molar-refractivity contribution in [1.29, 1.82) is 0 Å². The van der Waals surface area contributed by atoms with Crippen molar-refractivity contribution in [3.63, 3.8) is 0 Å². The zero-order valence-electron chi connectivity index (χ0n) is 13.4. The standard InChI is InChI=1S/2C4H9.2C3H8O2S.Sn/c2*1-3-4-2;2*4-1-3(5)2-6;/h2*1,3-4H2,2H3;2*3-6H,1-2H2;. The fourth-order valence-electron chi connectivity index (χ4n) is 0.844. The first-order valence-corrected chi connectivity index (χ1v) is 12.8. The van der Waals surface area contributed by atoms with Crippen LogP contribution in [0.2, 0.25) is 8.87 Å². The van der Waals surface area contributed by atoms with Crippen molar-refractivity contribution in [2.75, 3.05) is 24.7 Å². The first kappa shape index (κ1) is 27.2. The van der Waals surface area contributed by atoms with E-state index in [1.54, 1.807) is 8.87 Å². The molecule has 0 aromatic heterocycles.